The number of halogens is 4. The van der Waals surface area contributed by atoms with Crippen molar-refractivity contribution in [3.8, 4) is 0 Å². The zero-order valence-electron chi connectivity index (χ0n) is 8.31. The topological polar surface area (TPSA) is 17.1 Å². The Kier molecular flexibility index (Phi) is 3.47. The first-order chi connectivity index (χ1) is 7.36. The Morgan fingerprint density at radius 1 is 1.31 bits per heavy atom. The number of hydrogen-bond acceptors (Lipinski definition) is 1. The fourth-order valence-electron chi connectivity index (χ4n) is 1.25. The van der Waals surface area contributed by atoms with Gasteiger partial charge in [0.2, 0.25) is 0 Å². The summed E-state index contributed by atoms with van der Waals surface area (Å²) in [7, 11) is 0. The number of hydrogen-bond donors (Lipinski definition) is 0. The summed E-state index contributed by atoms with van der Waals surface area (Å²) in [4.78, 5) is 10.4. The van der Waals surface area contributed by atoms with Crippen LogP contribution in [-0.2, 0) is 4.79 Å². The van der Waals surface area contributed by atoms with Gasteiger partial charge < -0.3 is 0 Å². The zero-order chi connectivity index (χ0) is 12.3. The maximum atomic E-state index is 12.8. The molecule has 0 saturated carbocycles. The van der Waals surface area contributed by atoms with Gasteiger partial charge in [-0.1, -0.05) is 12.1 Å². The molecule has 0 bridgehead atoms. The minimum Gasteiger partial charge on any atom is -0.298 e. The van der Waals surface area contributed by atoms with E-state index in [0.717, 1.165) is 19.1 Å². The van der Waals surface area contributed by atoms with E-state index in [9.17, 15) is 22.4 Å². The number of rotatable bonds is 2. The maximum Gasteiger partial charge on any atom is 0.419 e. The molecule has 1 nitrogen and oxygen atoms in total. The van der Waals surface area contributed by atoms with Gasteiger partial charge >= 0.3 is 6.18 Å². The van der Waals surface area contributed by atoms with E-state index in [2.05, 4.69) is 0 Å². The lowest BCUT2D eigenvalue weighted by molar-refractivity contribution is -0.118. The molecule has 0 aliphatic carbocycles. The Labute approximate surface area is 89.4 Å². The highest BCUT2D eigenvalue weighted by molar-refractivity contribution is 5.88. The summed E-state index contributed by atoms with van der Waals surface area (Å²) in [5, 5.41) is 0. The Morgan fingerprint density at radius 2 is 1.94 bits per heavy atom. The van der Waals surface area contributed by atoms with Crippen LogP contribution in [0.2, 0.25) is 0 Å². The summed E-state index contributed by atoms with van der Waals surface area (Å²) in [6.45, 7) is 1.13. The van der Waals surface area contributed by atoms with Crippen LogP contribution in [0.5, 0.6) is 0 Å². The van der Waals surface area contributed by atoms with Crippen molar-refractivity contribution >= 4 is 11.9 Å². The van der Waals surface area contributed by atoms with E-state index in [1.807, 2.05) is 0 Å². The van der Waals surface area contributed by atoms with Gasteiger partial charge in [-0.15, -0.1) is 0 Å². The fourth-order valence-corrected chi connectivity index (χ4v) is 1.25. The van der Waals surface area contributed by atoms with Crippen molar-refractivity contribution in [3.63, 3.8) is 0 Å². The first-order valence-corrected chi connectivity index (χ1v) is 4.35. The first-order valence-electron chi connectivity index (χ1n) is 4.35. The average molecular weight is 232 g/mol. The highest BCUT2D eigenvalue weighted by Gasteiger charge is 2.35. The molecule has 0 unspecified atom stereocenters. The predicted molar refractivity (Wildman–Crippen MR) is 51.1 cm³/mol. The monoisotopic (exact) mass is 232 g/mol. The second-order valence-electron chi connectivity index (χ2n) is 3.16. The van der Waals surface area contributed by atoms with Gasteiger partial charge in [0.25, 0.3) is 0 Å². The Hall–Kier alpha value is -1.65. The fraction of sp³-hybridized carbons (Fsp3) is 0.182. The average Bonchev–Trinajstić information content (AvgIpc) is 2.16. The third kappa shape index (κ3) is 2.68. The van der Waals surface area contributed by atoms with Crippen molar-refractivity contribution in [1.82, 2.24) is 0 Å². The van der Waals surface area contributed by atoms with Gasteiger partial charge in [-0.25, -0.2) is 4.39 Å². The summed E-state index contributed by atoms with van der Waals surface area (Å²) >= 11 is 0. The van der Waals surface area contributed by atoms with Gasteiger partial charge in [-0.05, 0) is 30.2 Å². The molecule has 1 aromatic carbocycles. The number of allylic oxidation sites excluding steroid dienone is 2. The van der Waals surface area contributed by atoms with Gasteiger partial charge in [0.05, 0.1) is 5.57 Å². The number of carbonyl (C=O) groups excluding carboxylic acids is 1. The number of carbonyl (C=O) groups is 1. The molecule has 0 radical (unpaired) electrons. The van der Waals surface area contributed by atoms with E-state index in [0.29, 0.717) is 0 Å². The van der Waals surface area contributed by atoms with Crippen LogP contribution in [-0.4, -0.2) is 12.5 Å². The predicted octanol–water partition coefficient (Wildman–Crippen LogP) is 3.36. The van der Waals surface area contributed by atoms with Crippen LogP contribution in [0.4, 0.5) is 17.6 Å². The van der Waals surface area contributed by atoms with Crippen LogP contribution in [0.3, 0.4) is 0 Å². The second kappa shape index (κ2) is 4.47. The van der Waals surface area contributed by atoms with Crippen molar-refractivity contribution in [2.75, 3.05) is 0 Å². The lowest BCUT2D eigenvalue weighted by Gasteiger charge is -2.10. The molecule has 0 amide bonds. The number of aldehydes is 1. The quantitative estimate of drug-likeness (QED) is 0.434. The summed E-state index contributed by atoms with van der Waals surface area (Å²) in [6.07, 6.45) is -4.99. The maximum absolute atomic E-state index is 12.8. The highest BCUT2D eigenvalue weighted by Crippen LogP contribution is 2.30. The molecular formula is C11H8F4O. The van der Waals surface area contributed by atoms with Crippen LogP contribution in [0.1, 0.15) is 12.5 Å². The molecule has 0 fully saturated rings. The summed E-state index contributed by atoms with van der Waals surface area (Å²) in [5.41, 5.74) is -1.54. The van der Waals surface area contributed by atoms with E-state index in [1.54, 1.807) is 0 Å². The lowest BCUT2D eigenvalue weighted by Crippen LogP contribution is -2.14. The minimum absolute atomic E-state index is 0.0411. The molecule has 0 aliphatic rings. The normalized spacial score (nSPS) is 13.3. The van der Waals surface area contributed by atoms with Gasteiger partial charge in [-0.2, -0.15) is 13.2 Å². The number of alkyl halides is 3. The molecule has 1 rings (SSSR count). The smallest absolute Gasteiger partial charge is 0.298 e. The third-order valence-corrected chi connectivity index (χ3v) is 2.08. The third-order valence-electron chi connectivity index (χ3n) is 2.08. The second-order valence-corrected chi connectivity index (χ2v) is 3.16. The molecule has 5 heteroatoms. The van der Waals surface area contributed by atoms with Gasteiger partial charge in [0.15, 0.2) is 6.29 Å². The lowest BCUT2D eigenvalue weighted by atomic mass is 10.0. The summed E-state index contributed by atoms with van der Waals surface area (Å²) < 4.78 is 49.9. The molecule has 0 aromatic heterocycles. The van der Waals surface area contributed by atoms with E-state index in [4.69, 9.17) is 0 Å². The van der Waals surface area contributed by atoms with Crippen molar-refractivity contribution in [2.24, 2.45) is 0 Å². The van der Waals surface area contributed by atoms with Crippen molar-refractivity contribution in [1.29, 1.82) is 0 Å². The van der Waals surface area contributed by atoms with Crippen LogP contribution < -0.4 is 0 Å². The van der Waals surface area contributed by atoms with Gasteiger partial charge in [0.1, 0.15) is 5.82 Å². The van der Waals surface area contributed by atoms with Gasteiger partial charge in [0, 0.05) is 0 Å². The molecule has 1 aromatic rings. The molecule has 16 heavy (non-hydrogen) atoms. The van der Waals surface area contributed by atoms with Crippen LogP contribution in [0, 0.1) is 5.82 Å². The first kappa shape index (κ1) is 12.4. The van der Waals surface area contributed by atoms with Gasteiger partial charge in [-0.3, -0.25) is 4.79 Å². The molecule has 0 atom stereocenters. The Bertz CT molecular complexity index is 432. The summed E-state index contributed by atoms with van der Waals surface area (Å²) in [6, 6.07) is 4.66. The van der Waals surface area contributed by atoms with E-state index < -0.39 is 17.6 Å². The highest BCUT2D eigenvalue weighted by atomic mass is 19.4. The van der Waals surface area contributed by atoms with Crippen molar-refractivity contribution < 1.29 is 22.4 Å². The summed E-state index contributed by atoms with van der Waals surface area (Å²) in [5.74, 6) is -0.649. The van der Waals surface area contributed by atoms with Crippen LogP contribution >= 0.6 is 0 Å². The molecule has 0 saturated heterocycles. The molecule has 0 N–H and O–H groups in total. The molecular weight excluding hydrogens is 224 g/mol. The van der Waals surface area contributed by atoms with Crippen LogP contribution in [0.25, 0.3) is 5.57 Å². The largest absolute Gasteiger partial charge is 0.419 e. The van der Waals surface area contributed by atoms with E-state index >= 15 is 0 Å². The Morgan fingerprint density at radius 3 is 2.38 bits per heavy atom. The molecule has 0 spiro atoms. The molecule has 86 valence electrons. The van der Waals surface area contributed by atoms with Crippen molar-refractivity contribution in [3.05, 3.63) is 41.2 Å². The number of benzene rings is 1. The van der Waals surface area contributed by atoms with Crippen molar-refractivity contribution in [2.45, 2.75) is 13.1 Å². The van der Waals surface area contributed by atoms with E-state index in [1.165, 1.54) is 12.1 Å². The Balaban J connectivity index is 3.31. The zero-order valence-corrected chi connectivity index (χ0v) is 8.31. The van der Waals surface area contributed by atoms with E-state index in [-0.39, 0.29) is 17.4 Å². The molecule has 0 heterocycles. The minimum atomic E-state index is -4.72. The SMILES string of the molecule is C/C(=C(\C=O)C(F)(F)F)c1cccc(F)c1. The van der Waals surface area contributed by atoms with Crippen LogP contribution in [0.15, 0.2) is 29.8 Å². The molecule has 0 aliphatic heterocycles. The standard InChI is InChI=1S/C11H8F4O/c1-7(10(6-16)11(13,14)15)8-3-2-4-9(12)5-8/h2-6H,1H3/b10-7-.